The maximum Gasteiger partial charge on any atom is 0.330 e. The number of aryl methyl sites for hydroxylation is 3. The van der Waals surface area contributed by atoms with Gasteiger partial charge in [0.25, 0.3) is 5.56 Å². The van der Waals surface area contributed by atoms with Crippen LogP contribution >= 0.6 is 0 Å². The number of unbranched alkanes of at least 4 members (excludes halogenated alkanes) is 2. The number of H-pyrrole nitrogens is 1. The predicted octanol–water partition coefficient (Wildman–Crippen LogP) is 4.08. The number of benzene rings is 1. The largest absolute Gasteiger partial charge is 0.349 e. The number of nitrogens with zero attached hydrogens (tertiary/aromatic N) is 3. The molecule has 2 heterocycles. The van der Waals surface area contributed by atoms with Crippen molar-refractivity contribution in [2.75, 3.05) is 0 Å². The molecule has 0 saturated carbocycles. The van der Waals surface area contributed by atoms with Gasteiger partial charge in [-0.2, -0.15) is 0 Å². The summed E-state index contributed by atoms with van der Waals surface area (Å²) in [5, 5.41) is 3.16. The summed E-state index contributed by atoms with van der Waals surface area (Å²) in [4.78, 5) is 45.2. The van der Waals surface area contributed by atoms with Gasteiger partial charge in [0.15, 0.2) is 11.2 Å². The molecular formula is C26H37N5O3. The van der Waals surface area contributed by atoms with Crippen LogP contribution in [-0.2, 0) is 24.3 Å². The normalized spacial score (nSPS) is 12.2. The van der Waals surface area contributed by atoms with Gasteiger partial charge in [-0.05, 0) is 24.8 Å². The Kier molecular flexibility index (Phi) is 9.24. The number of nitrogens with one attached hydrogen (secondary N) is 2. The molecule has 0 bridgehead atoms. The quantitative estimate of drug-likeness (QED) is 0.395. The average Bonchev–Trinajstić information content (AvgIpc) is 3.20. The van der Waals surface area contributed by atoms with E-state index in [9.17, 15) is 14.4 Å². The number of fused-ring (bicyclic) bond motifs is 1. The molecule has 1 atom stereocenters. The van der Waals surface area contributed by atoms with Crippen molar-refractivity contribution < 1.29 is 4.79 Å². The number of aromatic nitrogens is 4. The van der Waals surface area contributed by atoms with Crippen molar-refractivity contribution in [2.45, 2.75) is 91.3 Å². The minimum atomic E-state index is -0.430. The first-order chi connectivity index (χ1) is 16.5. The van der Waals surface area contributed by atoms with Crippen LogP contribution in [0.25, 0.3) is 11.2 Å². The highest BCUT2D eigenvalue weighted by molar-refractivity contribution is 5.77. The van der Waals surface area contributed by atoms with Gasteiger partial charge in [0, 0.05) is 25.9 Å². The number of amides is 1. The molecule has 0 aliphatic rings. The molecule has 1 amide bonds. The zero-order chi connectivity index (χ0) is 24.5. The molecule has 8 nitrogen and oxygen atoms in total. The topological polar surface area (TPSA) is 102 Å². The Labute approximate surface area is 200 Å². The summed E-state index contributed by atoms with van der Waals surface area (Å²) in [5.74, 6) is 0.625. The van der Waals surface area contributed by atoms with Gasteiger partial charge >= 0.3 is 5.69 Å². The lowest BCUT2D eigenvalue weighted by Gasteiger charge is -2.18. The second-order valence-corrected chi connectivity index (χ2v) is 8.79. The lowest BCUT2D eigenvalue weighted by molar-refractivity contribution is -0.121. The third kappa shape index (κ3) is 6.04. The lowest BCUT2D eigenvalue weighted by Crippen LogP contribution is -2.31. The van der Waals surface area contributed by atoms with Gasteiger partial charge in [0.2, 0.25) is 5.91 Å². The van der Waals surface area contributed by atoms with Crippen LogP contribution in [0.4, 0.5) is 0 Å². The third-order valence-corrected chi connectivity index (χ3v) is 6.13. The third-order valence-electron chi connectivity index (χ3n) is 6.13. The number of hydrogen-bond acceptors (Lipinski definition) is 4. The van der Waals surface area contributed by atoms with Crippen LogP contribution in [0.1, 0.15) is 83.1 Å². The molecule has 0 fully saturated rings. The van der Waals surface area contributed by atoms with E-state index in [0.717, 1.165) is 44.1 Å². The highest BCUT2D eigenvalue weighted by Crippen LogP contribution is 2.19. The van der Waals surface area contributed by atoms with Crippen LogP contribution < -0.4 is 16.6 Å². The molecule has 3 rings (SSSR count). The number of rotatable bonds is 13. The van der Waals surface area contributed by atoms with Crippen LogP contribution in [0.15, 0.2) is 39.9 Å². The van der Waals surface area contributed by atoms with Crippen molar-refractivity contribution in [3.05, 3.63) is 62.6 Å². The molecule has 1 aromatic carbocycles. The van der Waals surface area contributed by atoms with E-state index in [-0.39, 0.29) is 18.4 Å². The van der Waals surface area contributed by atoms with Crippen molar-refractivity contribution in [3.63, 3.8) is 0 Å². The fraction of sp³-hybridized carbons (Fsp3) is 0.538. The Bertz CT molecular complexity index is 1190. The van der Waals surface area contributed by atoms with Crippen molar-refractivity contribution >= 4 is 17.1 Å². The Balaban J connectivity index is 1.86. The Morgan fingerprint density at radius 2 is 1.68 bits per heavy atom. The molecule has 0 aliphatic carbocycles. The summed E-state index contributed by atoms with van der Waals surface area (Å²) in [7, 11) is 0. The van der Waals surface area contributed by atoms with E-state index >= 15 is 0 Å². The van der Waals surface area contributed by atoms with Crippen LogP contribution in [0, 0.1) is 0 Å². The molecule has 2 N–H and O–H groups in total. The summed E-state index contributed by atoms with van der Waals surface area (Å²) in [6, 6.07) is 9.97. The number of hydrogen-bond donors (Lipinski definition) is 2. The summed E-state index contributed by atoms with van der Waals surface area (Å²) in [6.07, 6.45) is 6.08. The van der Waals surface area contributed by atoms with E-state index in [1.807, 2.05) is 34.9 Å². The predicted molar refractivity (Wildman–Crippen MR) is 135 cm³/mol. The van der Waals surface area contributed by atoms with Gasteiger partial charge in [-0.1, -0.05) is 70.4 Å². The molecule has 0 spiro atoms. The second kappa shape index (κ2) is 12.3. The van der Waals surface area contributed by atoms with Crippen molar-refractivity contribution in [1.29, 1.82) is 0 Å². The Hall–Kier alpha value is -3.16. The molecule has 1 unspecified atom stereocenters. The van der Waals surface area contributed by atoms with E-state index in [2.05, 4.69) is 31.1 Å². The maximum absolute atomic E-state index is 12.9. The monoisotopic (exact) mass is 467 g/mol. The Morgan fingerprint density at radius 1 is 1.00 bits per heavy atom. The number of carbonyl (C=O) groups is 1. The molecular weight excluding hydrogens is 430 g/mol. The SMILES string of the molecule is CCCCn1c(CCC(=O)NC(CCC)c2ccccc2)nc2c1c(=O)[nH]c(=O)n2CCCC. The number of imidazole rings is 1. The fourth-order valence-corrected chi connectivity index (χ4v) is 4.28. The van der Waals surface area contributed by atoms with E-state index in [1.54, 1.807) is 4.57 Å². The first-order valence-corrected chi connectivity index (χ1v) is 12.6. The molecule has 0 radical (unpaired) electrons. The van der Waals surface area contributed by atoms with Gasteiger partial charge in [-0.15, -0.1) is 0 Å². The molecule has 3 aromatic rings. The van der Waals surface area contributed by atoms with Gasteiger partial charge in [-0.3, -0.25) is 19.1 Å². The van der Waals surface area contributed by atoms with E-state index < -0.39 is 11.2 Å². The molecule has 8 heteroatoms. The summed E-state index contributed by atoms with van der Waals surface area (Å²) in [6.45, 7) is 7.38. The molecule has 0 saturated heterocycles. The zero-order valence-corrected chi connectivity index (χ0v) is 20.6. The number of carbonyl (C=O) groups excluding carboxylic acids is 1. The van der Waals surface area contributed by atoms with Gasteiger partial charge < -0.3 is 9.88 Å². The van der Waals surface area contributed by atoms with Crippen molar-refractivity contribution in [1.82, 2.24) is 24.4 Å². The standard InChI is InChI=1S/C26H37N5O3/c1-4-7-17-30-21(28-24-23(30)25(33)29-26(34)31(24)18-8-5-2)15-16-22(32)27-20(12-6-3)19-13-10-9-11-14-19/h9-11,13-14,20H,4-8,12,15-18H2,1-3H3,(H,27,32)(H,29,33,34). The van der Waals surface area contributed by atoms with E-state index in [4.69, 9.17) is 4.98 Å². The Morgan fingerprint density at radius 3 is 2.32 bits per heavy atom. The fourth-order valence-electron chi connectivity index (χ4n) is 4.28. The maximum atomic E-state index is 12.9. The molecule has 0 aliphatic heterocycles. The zero-order valence-electron chi connectivity index (χ0n) is 20.6. The van der Waals surface area contributed by atoms with Crippen LogP contribution in [-0.4, -0.2) is 25.0 Å². The van der Waals surface area contributed by atoms with E-state index in [1.165, 1.54) is 0 Å². The highest BCUT2D eigenvalue weighted by Gasteiger charge is 2.20. The van der Waals surface area contributed by atoms with Crippen molar-refractivity contribution in [2.24, 2.45) is 0 Å². The summed E-state index contributed by atoms with van der Waals surface area (Å²) < 4.78 is 3.45. The number of aromatic amines is 1. The molecule has 2 aromatic heterocycles. The van der Waals surface area contributed by atoms with Crippen molar-refractivity contribution in [3.8, 4) is 0 Å². The lowest BCUT2D eigenvalue weighted by atomic mass is 10.0. The van der Waals surface area contributed by atoms with Gasteiger partial charge in [0.1, 0.15) is 5.82 Å². The molecule has 34 heavy (non-hydrogen) atoms. The minimum absolute atomic E-state index is 0.0281. The van der Waals surface area contributed by atoms with Gasteiger partial charge in [-0.25, -0.2) is 9.78 Å². The molecule has 184 valence electrons. The average molecular weight is 468 g/mol. The van der Waals surface area contributed by atoms with E-state index in [0.29, 0.717) is 36.5 Å². The summed E-state index contributed by atoms with van der Waals surface area (Å²) in [5.41, 5.74) is 1.09. The first kappa shape index (κ1) is 25.5. The minimum Gasteiger partial charge on any atom is -0.349 e. The van der Waals surface area contributed by atoms with Crippen LogP contribution in [0.2, 0.25) is 0 Å². The van der Waals surface area contributed by atoms with Crippen LogP contribution in [0.3, 0.4) is 0 Å². The first-order valence-electron chi connectivity index (χ1n) is 12.6. The smallest absolute Gasteiger partial charge is 0.330 e. The van der Waals surface area contributed by atoms with Gasteiger partial charge in [0.05, 0.1) is 6.04 Å². The second-order valence-electron chi connectivity index (χ2n) is 8.79. The highest BCUT2D eigenvalue weighted by atomic mass is 16.2. The van der Waals surface area contributed by atoms with Crippen LogP contribution in [0.5, 0.6) is 0 Å². The summed E-state index contributed by atoms with van der Waals surface area (Å²) >= 11 is 0.